The number of likely N-dealkylation sites (tertiary alicyclic amines) is 1. The third-order valence-corrected chi connectivity index (χ3v) is 6.98. The maximum atomic E-state index is 13.6. The third-order valence-electron chi connectivity index (χ3n) is 6.98. The van der Waals surface area contributed by atoms with Crippen LogP contribution in [0, 0.1) is 0 Å². The van der Waals surface area contributed by atoms with Crippen molar-refractivity contribution in [2.45, 2.75) is 62.9 Å². The second kappa shape index (κ2) is 10.1. The molecule has 1 amide bonds. The lowest BCUT2D eigenvalue weighted by atomic mass is 9.93. The van der Waals surface area contributed by atoms with Crippen LogP contribution >= 0.6 is 0 Å². The zero-order chi connectivity index (χ0) is 24.5. The summed E-state index contributed by atoms with van der Waals surface area (Å²) in [6, 6.07) is 2.60. The Balaban J connectivity index is 1.32. The van der Waals surface area contributed by atoms with Gasteiger partial charge in [0.25, 0.3) is 5.91 Å². The number of aromatic nitrogens is 2. The number of piperidine rings is 1. The Hall–Kier alpha value is -2.37. The van der Waals surface area contributed by atoms with E-state index in [4.69, 9.17) is 5.73 Å². The van der Waals surface area contributed by atoms with E-state index in [0.29, 0.717) is 6.04 Å². The standard InChI is InChI=1S/C23H33F3N6O2/c1-31-19-13-14(27)12-18(23(24,25)26)20(19)21(30-31)22(34)29-16-6-9-32(10-7-16)11-8-28-15-2-4-17(33)5-3-15/h12-13,15-17,28,33H,2-11,27H2,1H3,(H,29,34). The van der Waals surface area contributed by atoms with Gasteiger partial charge < -0.3 is 26.4 Å². The summed E-state index contributed by atoms with van der Waals surface area (Å²) in [6.45, 7) is 3.40. The molecule has 0 radical (unpaired) electrons. The number of nitrogens with one attached hydrogen (secondary N) is 2. The second-order valence-electron chi connectivity index (χ2n) is 9.48. The molecule has 2 fully saturated rings. The number of nitrogens with zero attached hydrogens (tertiary/aromatic N) is 3. The Bertz CT molecular complexity index is 1010. The molecular formula is C23H33F3N6O2. The number of amides is 1. The number of aliphatic hydroxyl groups excluding tert-OH is 1. The van der Waals surface area contributed by atoms with E-state index in [0.717, 1.165) is 70.8 Å². The van der Waals surface area contributed by atoms with E-state index in [2.05, 4.69) is 20.6 Å². The summed E-state index contributed by atoms with van der Waals surface area (Å²) in [6.07, 6.45) is 0.354. The van der Waals surface area contributed by atoms with Crippen LogP contribution in [-0.4, -0.2) is 70.1 Å². The molecule has 1 aromatic heterocycles. The Morgan fingerprint density at radius 3 is 2.47 bits per heavy atom. The molecule has 5 N–H and O–H groups in total. The van der Waals surface area contributed by atoms with Crippen LogP contribution in [-0.2, 0) is 13.2 Å². The lowest BCUT2D eigenvalue weighted by Crippen LogP contribution is -2.47. The van der Waals surface area contributed by atoms with Gasteiger partial charge in [0.1, 0.15) is 0 Å². The van der Waals surface area contributed by atoms with Crippen LogP contribution in [0.15, 0.2) is 12.1 Å². The van der Waals surface area contributed by atoms with Crippen molar-refractivity contribution in [2.75, 3.05) is 31.9 Å². The zero-order valence-electron chi connectivity index (χ0n) is 19.4. The van der Waals surface area contributed by atoms with Crippen molar-refractivity contribution in [1.82, 2.24) is 25.3 Å². The van der Waals surface area contributed by atoms with E-state index >= 15 is 0 Å². The second-order valence-corrected chi connectivity index (χ2v) is 9.48. The Morgan fingerprint density at radius 2 is 1.82 bits per heavy atom. The summed E-state index contributed by atoms with van der Waals surface area (Å²) < 4.78 is 42.2. The summed E-state index contributed by atoms with van der Waals surface area (Å²) in [5.74, 6) is -0.597. The van der Waals surface area contributed by atoms with E-state index in [1.165, 1.54) is 17.8 Å². The minimum atomic E-state index is -4.65. The molecule has 1 aromatic carbocycles. The fourth-order valence-electron chi connectivity index (χ4n) is 5.05. The molecule has 188 valence electrons. The van der Waals surface area contributed by atoms with Crippen LogP contribution < -0.4 is 16.4 Å². The number of rotatable bonds is 6. The van der Waals surface area contributed by atoms with E-state index in [1.807, 2.05) is 0 Å². The van der Waals surface area contributed by atoms with Gasteiger partial charge >= 0.3 is 6.18 Å². The van der Waals surface area contributed by atoms with E-state index in [-0.39, 0.29) is 34.4 Å². The van der Waals surface area contributed by atoms with Crippen molar-refractivity contribution in [2.24, 2.45) is 7.05 Å². The smallest absolute Gasteiger partial charge is 0.399 e. The number of hydrogen-bond acceptors (Lipinski definition) is 6. The zero-order valence-corrected chi connectivity index (χ0v) is 19.4. The highest BCUT2D eigenvalue weighted by molar-refractivity contribution is 6.07. The lowest BCUT2D eigenvalue weighted by molar-refractivity contribution is -0.136. The summed E-state index contributed by atoms with van der Waals surface area (Å²) in [5.41, 5.74) is 4.63. The van der Waals surface area contributed by atoms with Gasteiger partial charge in [-0.1, -0.05) is 0 Å². The van der Waals surface area contributed by atoms with Crippen LogP contribution in [0.3, 0.4) is 0 Å². The number of benzene rings is 1. The third kappa shape index (κ3) is 5.64. The number of hydrogen-bond donors (Lipinski definition) is 4. The molecule has 1 aliphatic carbocycles. The van der Waals surface area contributed by atoms with Crippen LogP contribution in [0.4, 0.5) is 18.9 Å². The highest BCUT2D eigenvalue weighted by Gasteiger charge is 2.36. The minimum Gasteiger partial charge on any atom is -0.399 e. The van der Waals surface area contributed by atoms with Crippen molar-refractivity contribution >= 4 is 22.5 Å². The van der Waals surface area contributed by atoms with Crippen LogP contribution in [0.2, 0.25) is 0 Å². The Morgan fingerprint density at radius 1 is 1.15 bits per heavy atom. The number of anilines is 1. The van der Waals surface area contributed by atoms with Gasteiger partial charge in [0.05, 0.1) is 17.2 Å². The van der Waals surface area contributed by atoms with Crippen molar-refractivity contribution in [1.29, 1.82) is 0 Å². The molecule has 1 aliphatic heterocycles. The number of nitrogen functional groups attached to an aromatic ring is 1. The molecular weight excluding hydrogens is 449 g/mol. The van der Waals surface area contributed by atoms with Crippen molar-refractivity contribution in [3.05, 3.63) is 23.4 Å². The molecule has 0 atom stereocenters. The number of halogens is 3. The molecule has 1 saturated heterocycles. The first-order valence-corrected chi connectivity index (χ1v) is 11.9. The number of aryl methyl sites for hydroxylation is 1. The Labute approximate surface area is 196 Å². The first-order valence-electron chi connectivity index (χ1n) is 11.9. The van der Waals surface area contributed by atoms with Gasteiger partial charge in [0.2, 0.25) is 0 Å². The lowest BCUT2D eigenvalue weighted by Gasteiger charge is -2.33. The van der Waals surface area contributed by atoms with Gasteiger partial charge in [-0.3, -0.25) is 9.48 Å². The molecule has 1 saturated carbocycles. The average molecular weight is 483 g/mol. The number of carbonyl (C=O) groups is 1. The maximum absolute atomic E-state index is 13.6. The van der Waals surface area contributed by atoms with E-state index in [9.17, 15) is 23.1 Å². The highest BCUT2D eigenvalue weighted by Crippen LogP contribution is 2.38. The molecule has 0 bridgehead atoms. The van der Waals surface area contributed by atoms with Gasteiger partial charge in [-0.2, -0.15) is 18.3 Å². The molecule has 4 rings (SSSR count). The monoisotopic (exact) mass is 482 g/mol. The number of carbonyl (C=O) groups excluding carboxylic acids is 1. The van der Waals surface area contributed by atoms with Gasteiger partial charge in [-0.05, 0) is 50.7 Å². The first-order chi connectivity index (χ1) is 16.1. The van der Waals surface area contributed by atoms with Gasteiger partial charge in [0.15, 0.2) is 5.69 Å². The van der Waals surface area contributed by atoms with Crippen LogP contribution in [0.1, 0.15) is 54.6 Å². The van der Waals surface area contributed by atoms with Crippen LogP contribution in [0.25, 0.3) is 10.9 Å². The summed E-state index contributed by atoms with van der Waals surface area (Å²) in [5, 5.41) is 19.9. The molecule has 8 nitrogen and oxygen atoms in total. The SMILES string of the molecule is Cn1nc(C(=O)NC2CCN(CCNC3CCC(O)CC3)CC2)c2c(C(F)(F)F)cc(N)cc21. The minimum absolute atomic E-state index is 0.0299. The summed E-state index contributed by atoms with van der Waals surface area (Å²) in [7, 11) is 1.50. The quantitative estimate of drug-likeness (QED) is 0.471. The predicted molar refractivity (Wildman–Crippen MR) is 123 cm³/mol. The highest BCUT2D eigenvalue weighted by atomic mass is 19.4. The van der Waals surface area contributed by atoms with E-state index in [1.54, 1.807) is 0 Å². The fraction of sp³-hybridized carbons (Fsp3) is 0.652. The van der Waals surface area contributed by atoms with Gasteiger partial charge in [0, 0.05) is 56.4 Å². The number of fused-ring (bicyclic) bond motifs is 1. The van der Waals surface area contributed by atoms with Crippen molar-refractivity contribution < 1.29 is 23.1 Å². The normalized spacial score (nSPS) is 22.9. The molecule has 2 heterocycles. The van der Waals surface area contributed by atoms with Crippen LogP contribution in [0.5, 0.6) is 0 Å². The average Bonchev–Trinajstić information content (AvgIpc) is 3.11. The fourth-order valence-corrected chi connectivity index (χ4v) is 5.05. The Kier molecular flexibility index (Phi) is 7.34. The summed E-state index contributed by atoms with van der Waals surface area (Å²) in [4.78, 5) is 15.3. The van der Waals surface area contributed by atoms with E-state index < -0.39 is 17.6 Å². The summed E-state index contributed by atoms with van der Waals surface area (Å²) >= 11 is 0. The van der Waals surface area contributed by atoms with Gasteiger partial charge in [-0.15, -0.1) is 0 Å². The maximum Gasteiger partial charge on any atom is 0.417 e. The van der Waals surface area contributed by atoms with Crippen molar-refractivity contribution in [3.8, 4) is 0 Å². The number of aliphatic hydroxyl groups is 1. The molecule has 2 aromatic rings. The predicted octanol–water partition coefficient (Wildman–Crippen LogP) is 2.26. The largest absolute Gasteiger partial charge is 0.417 e. The van der Waals surface area contributed by atoms with Gasteiger partial charge in [-0.25, -0.2) is 0 Å². The number of nitrogens with two attached hydrogens (primary N) is 1. The molecule has 2 aliphatic rings. The molecule has 0 unspecified atom stereocenters. The van der Waals surface area contributed by atoms with Crippen molar-refractivity contribution in [3.63, 3.8) is 0 Å². The first kappa shape index (κ1) is 24.7. The topological polar surface area (TPSA) is 108 Å². The molecule has 11 heteroatoms. The molecule has 0 spiro atoms. The number of alkyl halides is 3. The molecule has 34 heavy (non-hydrogen) atoms.